The standard InChI is InChI=1S/C15H21N3O2S/c1-16-15(20)12-6-11-7-18(8-13(11)17(12)2)14(19)5-10-3-4-21-9-10/h3-4,9,11-13H,5-8H2,1-2H3,(H,16,20)/t11?,12-,13?/m1/s1. The fourth-order valence-electron chi connectivity index (χ4n) is 3.57. The Kier molecular flexibility index (Phi) is 3.99. The predicted octanol–water partition coefficient (Wildman–Crippen LogP) is 0.568. The lowest BCUT2D eigenvalue weighted by molar-refractivity contribution is -0.130. The number of carbonyl (C=O) groups is 2. The van der Waals surface area contributed by atoms with Crippen molar-refractivity contribution in [2.45, 2.75) is 24.9 Å². The Morgan fingerprint density at radius 3 is 2.86 bits per heavy atom. The minimum absolute atomic E-state index is 0.0425. The smallest absolute Gasteiger partial charge is 0.237 e. The molecule has 2 aliphatic heterocycles. The third-order valence-corrected chi connectivity index (χ3v) is 5.52. The summed E-state index contributed by atoms with van der Waals surface area (Å²) in [5, 5.41) is 6.76. The monoisotopic (exact) mass is 307 g/mol. The molecular formula is C15H21N3O2S. The van der Waals surface area contributed by atoms with Gasteiger partial charge in [-0.3, -0.25) is 14.5 Å². The molecule has 3 rings (SSSR count). The van der Waals surface area contributed by atoms with Crippen molar-refractivity contribution in [2.24, 2.45) is 5.92 Å². The molecule has 3 heterocycles. The van der Waals surface area contributed by atoms with E-state index in [0.717, 1.165) is 25.1 Å². The summed E-state index contributed by atoms with van der Waals surface area (Å²) in [4.78, 5) is 28.3. The molecule has 3 atom stereocenters. The largest absolute Gasteiger partial charge is 0.358 e. The number of likely N-dealkylation sites (N-methyl/N-ethyl adjacent to an activating group) is 2. The van der Waals surface area contributed by atoms with Crippen LogP contribution >= 0.6 is 11.3 Å². The molecule has 5 nitrogen and oxygen atoms in total. The van der Waals surface area contributed by atoms with E-state index in [-0.39, 0.29) is 17.9 Å². The van der Waals surface area contributed by atoms with E-state index in [9.17, 15) is 9.59 Å². The van der Waals surface area contributed by atoms with Gasteiger partial charge in [-0.1, -0.05) is 0 Å². The van der Waals surface area contributed by atoms with Gasteiger partial charge >= 0.3 is 0 Å². The fourth-order valence-corrected chi connectivity index (χ4v) is 4.24. The van der Waals surface area contributed by atoms with E-state index in [4.69, 9.17) is 0 Å². The molecule has 0 aromatic carbocycles. The molecule has 6 heteroatoms. The summed E-state index contributed by atoms with van der Waals surface area (Å²) in [7, 11) is 3.68. The van der Waals surface area contributed by atoms with Crippen LogP contribution in [0.1, 0.15) is 12.0 Å². The van der Waals surface area contributed by atoms with Crippen molar-refractivity contribution in [3.8, 4) is 0 Å². The lowest BCUT2D eigenvalue weighted by Crippen LogP contribution is -2.45. The number of carbonyl (C=O) groups excluding carboxylic acids is 2. The summed E-state index contributed by atoms with van der Waals surface area (Å²) in [5.74, 6) is 0.708. The topological polar surface area (TPSA) is 52.7 Å². The highest BCUT2D eigenvalue weighted by Crippen LogP contribution is 2.34. The SMILES string of the molecule is CNC(=O)[C@H]1CC2CN(C(=O)Cc3ccsc3)CC2N1C. The van der Waals surface area contributed by atoms with Crippen LogP contribution in [0.25, 0.3) is 0 Å². The van der Waals surface area contributed by atoms with E-state index in [1.54, 1.807) is 18.4 Å². The van der Waals surface area contributed by atoms with Crippen molar-refractivity contribution in [1.29, 1.82) is 0 Å². The van der Waals surface area contributed by atoms with Gasteiger partial charge in [0.05, 0.1) is 12.5 Å². The van der Waals surface area contributed by atoms with Crippen molar-refractivity contribution in [1.82, 2.24) is 15.1 Å². The molecule has 1 aromatic heterocycles. The van der Waals surface area contributed by atoms with Crippen LogP contribution in [-0.2, 0) is 16.0 Å². The summed E-state index contributed by atoms with van der Waals surface area (Å²) in [5.41, 5.74) is 1.10. The average molecular weight is 307 g/mol. The Hall–Kier alpha value is -1.40. The zero-order chi connectivity index (χ0) is 15.0. The lowest BCUT2D eigenvalue weighted by atomic mass is 10.0. The van der Waals surface area contributed by atoms with Gasteiger partial charge in [0.2, 0.25) is 11.8 Å². The molecule has 0 spiro atoms. The fraction of sp³-hybridized carbons (Fsp3) is 0.600. The zero-order valence-corrected chi connectivity index (χ0v) is 13.2. The molecule has 0 bridgehead atoms. The molecule has 1 aromatic rings. The van der Waals surface area contributed by atoms with Gasteiger partial charge < -0.3 is 10.2 Å². The third kappa shape index (κ3) is 2.70. The van der Waals surface area contributed by atoms with Crippen molar-refractivity contribution < 1.29 is 9.59 Å². The molecule has 0 radical (unpaired) electrons. The van der Waals surface area contributed by atoms with Crippen molar-refractivity contribution in [3.05, 3.63) is 22.4 Å². The number of nitrogens with zero attached hydrogens (tertiary/aromatic N) is 2. The minimum Gasteiger partial charge on any atom is -0.358 e. The lowest BCUT2D eigenvalue weighted by Gasteiger charge is -2.25. The Labute approximate surface area is 128 Å². The Morgan fingerprint density at radius 2 is 2.24 bits per heavy atom. The summed E-state index contributed by atoms with van der Waals surface area (Å²) in [6.07, 6.45) is 1.34. The number of likely N-dealkylation sites (tertiary alicyclic amines) is 2. The number of nitrogens with one attached hydrogen (secondary N) is 1. The normalized spacial score (nSPS) is 28.7. The van der Waals surface area contributed by atoms with Gasteiger partial charge in [-0.15, -0.1) is 0 Å². The Balaban J connectivity index is 1.60. The first-order valence-electron chi connectivity index (χ1n) is 7.32. The number of thiophene rings is 1. The Morgan fingerprint density at radius 1 is 1.43 bits per heavy atom. The first-order valence-corrected chi connectivity index (χ1v) is 8.26. The molecule has 2 amide bonds. The number of amides is 2. The summed E-state index contributed by atoms with van der Waals surface area (Å²) < 4.78 is 0. The molecule has 0 saturated carbocycles. The Bertz CT molecular complexity index is 531. The van der Waals surface area contributed by atoms with Crippen molar-refractivity contribution in [2.75, 3.05) is 27.2 Å². The van der Waals surface area contributed by atoms with Gasteiger partial charge in [-0.2, -0.15) is 11.3 Å². The van der Waals surface area contributed by atoms with Crippen LogP contribution in [0.4, 0.5) is 0 Å². The van der Waals surface area contributed by atoms with Crippen LogP contribution in [-0.4, -0.2) is 60.9 Å². The maximum absolute atomic E-state index is 12.4. The van der Waals surface area contributed by atoms with Gasteiger partial charge in [0.25, 0.3) is 0 Å². The summed E-state index contributed by atoms with van der Waals surface area (Å²) in [6, 6.07) is 2.28. The molecule has 2 unspecified atom stereocenters. The van der Waals surface area contributed by atoms with E-state index >= 15 is 0 Å². The number of fused-ring (bicyclic) bond motifs is 1. The maximum atomic E-state index is 12.4. The number of rotatable bonds is 3. The molecule has 2 aliphatic rings. The van der Waals surface area contributed by atoms with Crippen LogP contribution in [0, 0.1) is 5.92 Å². The van der Waals surface area contributed by atoms with Crippen LogP contribution < -0.4 is 5.32 Å². The first kappa shape index (κ1) is 14.5. The van der Waals surface area contributed by atoms with E-state index in [0.29, 0.717) is 18.4 Å². The highest BCUT2D eigenvalue weighted by atomic mass is 32.1. The van der Waals surface area contributed by atoms with E-state index in [1.807, 2.05) is 28.8 Å². The molecule has 114 valence electrons. The van der Waals surface area contributed by atoms with E-state index in [2.05, 4.69) is 10.2 Å². The number of hydrogen-bond acceptors (Lipinski definition) is 4. The van der Waals surface area contributed by atoms with Gasteiger partial charge in [0, 0.05) is 26.2 Å². The van der Waals surface area contributed by atoms with Crippen LogP contribution in [0.3, 0.4) is 0 Å². The molecular weight excluding hydrogens is 286 g/mol. The van der Waals surface area contributed by atoms with Crippen molar-refractivity contribution >= 4 is 23.2 Å². The molecule has 2 fully saturated rings. The van der Waals surface area contributed by atoms with E-state index < -0.39 is 0 Å². The van der Waals surface area contributed by atoms with Gasteiger partial charge in [0.1, 0.15) is 0 Å². The van der Waals surface area contributed by atoms with Crippen LogP contribution in [0.5, 0.6) is 0 Å². The molecule has 21 heavy (non-hydrogen) atoms. The maximum Gasteiger partial charge on any atom is 0.237 e. The van der Waals surface area contributed by atoms with Crippen LogP contribution in [0.15, 0.2) is 16.8 Å². The van der Waals surface area contributed by atoms with Gasteiger partial charge in [-0.05, 0) is 41.8 Å². The second-order valence-corrected chi connectivity index (χ2v) is 6.75. The molecule has 1 N–H and O–H groups in total. The molecule has 0 aliphatic carbocycles. The second kappa shape index (κ2) is 5.77. The quantitative estimate of drug-likeness (QED) is 0.888. The molecule has 2 saturated heterocycles. The predicted molar refractivity (Wildman–Crippen MR) is 82.1 cm³/mol. The zero-order valence-electron chi connectivity index (χ0n) is 12.4. The average Bonchev–Trinajstić information content (AvgIpc) is 3.16. The summed E-state index contributed by atoms with van der Waals surface area (Å²) >= 11 is 1.62. The van der Waals surface area contributed by atoms with Gasteiger partial charge in [-0.25, -0.2) is 0 Å². The van der Waals surface area contributed by atoms with Crippen LogP contribution in [0.2, 0.25) is 0 Å². The minimum atomic E-state index is -0.0425. The first-order chi connectivity index (χ1) is 10.1. The number of hydrogen-bond donors (Lipinski definition) is 1. The second-order valence-electron chi connectivity index (χ2n) is 5.97. The third-order valence-electron chi connectivity index (χ3n) is 4.78. The summed E-state index contributed by atoms with van der Waals surface area (Å²) in [6.45, 7) is 1.53. The van der Waals surface area contributed by atoms with Crippen molar-refractivity contribution in [3.63, 3.8) is 0 Å². The highest BCUT2D eigenvalue weighted by molar-refractivity contribution is 7.07. The van der Waals surface area contributed by atoms with Gasteiger partial charge in [0.15, 0.2) is 0 Å². The van der Waals surface area contributed by atoms with E-state index in [1.165, 1.54) is 0 Å². The highest BCUT2D eigenvalue weighted by Gasteiger charge is 2.47.